The fourth-order valence-electron chi connectivity index (χ4n) is 6.06. The van der Waals surface area contributed by atoms with E-state index in [1.165, 1.54) is 15.9 Å². The summed E-state index contributed by atoms with van der Waals surface area (Å²) < 4.78 is 29.7. The number of likely N-dealkylation sites (tertiary alicyclic amines) is 1. The molecule has 3 aromatic rings. The summed E-state index contributed by atoms with van der Waals surface area (Å²) in [5.41, 5.74) is 3.50. The molecule has 1 N–H and O–H groups in total. The monoisotopic (exact) mass is 543 g/mol. The van der Waals surface area contributed by atoms with Crippen LogP contribution in [0.4, 0.5) is 14.5 Å². The first kappa shape index (κ1) is 26.2. The van der Waals surface area contributed by atoms with Crippen LogP contribution in [0, 0.1) is 5.82 Å². The highest BCUT2D eigenvalue weighted by atomic mass is 19.1. The number of carbonyl (C=O) groups excluding carboxylic acids is 3. The van der Waals surface area contributed by atoms with Crippen LogP contribution in [0.1, 0.15) is 65.8 Å². The number of likely N-dealkylation sites (N-methyl/N-ethyl adjacent to an activating group) is 1. The Balaban J connectivity index is 1.23. The van der Waals surface area contributed by atoms with Gasteiger partial charge in [-0.15, -0.1) is 0 Å². The van der Waals surface area contributed by atoms with Crippen LogP contribution in [0.3, 0.4) is 0 Å². The first-order valence-corrected chi connectivity index (χ1v) is 13.8. The minimum absolute atomic E-state index is 0.136. The SMILES string of the molecule is CN1C(=O)C(CC(=O)N2C[C@H](F)C[C@H]2C(=O)N[C@@H](c2ccccc2)c2ccc(C3CC3)c(F)c2)c2ccccc21. The molecule has 6 nitrogen and oxygen atoms in total. The van der Waals surface area contributed by atoms with Crippen LogP contribution in [0.25, 0.3) is 0 Å². The van der Waals surface area contributed by atoms with Gasteiger partial charge in [0.2, 0.25) is 17.7 Å². The van der Waals surface area contributed by atoms with Gasteiger partial charge in [0.25, 0.3) is 0 Å². The van der Waals surface area contributed by atoms with Gasteiger partial charge in [0.1, 0.15) is 18.0 Å². The van der Waals surface area contributed by atoms with Crippen molar-refractivity contribution < 1.29 is 23.2 Å². The molecule has 1 saturated heterocycles. The Labute approximate surface area is 232 Å². The molecule has 0 spiro atoms. The number of amides is 3. The Morgan fingerprint density at radius 3 is 2.42 bits per heavy atom. The lowest BCUT2D eigenvalue weighted by Crippen LogP contribution is -2.47. The summed E-state index contributed by atoms with van der Waals surface area (Å²) >= 11 is 0. The van der Waals surface area contributed by atoms with Crippen LogP contribution in [0.5, 0.6) is 0 Å². The van der Waals surface area contributed by atoms with Gasteiger partial charge in [0.05, 0.1) is 18.5 Å². The predicted molar refractivity (Wildman–Crippen MR) is 147 cm³/mol. The number of halogens is 2. The lowest BCUT2D eigenvalue weighted by Gasteiger charge is -2.27. The van der Waals surface area contributed by atoms with Crippen molar-refractivity contribution in [3.05, 3.63) is 101 Å². The highest BCUT2D eigenvalue weighted by Gasteiger charge is 2.43. The van der Waals surface area contributed by atoms with Gasteiger partial charge in [-0.1, -0.05) is 60.7 Å². The third kappa shape index (κ3) is 4.87. The largest absolute Gasteiger partial charge is 0.343 e. The van der Waals surface area contributed by atoms with Crippen molar-refractivity contribution in [1.82, 2.24) is 10.2 Å². The number of benzene rings is 3. The molecule has 0 bridgehead atoms. The average Bonchev–Trinajstić information content (AvgIpc) is 3.69. The zero-order valence-electron chi connectivity index (χ0n) is 22.2. The van der Waals surface area contributed by atoms with E-state index in [1.807, 2.05) is 60.7 Å². The van der Waals surface area contributed by atoms with Gasteiger partial charge in [0.15, 0.2) is 0 Å². The average molecular weight is 544 g/mol. The van der Waals surface area contributed by atoms with E-state index >= 15 is 0 Å². The molecule has 2 heterocycles. The fraction of sp³-hybridized carbons (Fsp3) is 0.344. The fourth-order valence-corrected chi connectivity index (χ4v) is 6.06. The molecule has 4 atom stereocenters. The van der Waals surface area contributed by atoms with Crippen molar-refractivity contribution in [2.75, 3.05) is 18.5 Å². The predicted octanol–water partition coefficient (Wildman–Crippen LogP) is 5.00. The first-order valence-electron chi connectivity index (χ1n) is 13.8. The van der Waals surface area contributed by atoms with Crippen molar-refractivity contribution in [2.45, 2.75) is 55.8 Å². The molecule has 3 aliphatic rings. The number of nitrogens with one attached hydrogen (secondary N) is 1. The number of carbonyl (C=O) groups is 3. The number of fused-ring (bicyclic) bond motifs is 1. The second-order valence-electron chi connectivity index (χ2n) is 11.0. The summed E-state index contributed by atoms with van der Waals surface area (Å²) in [6, 6.07) is 19.8. The summed E-state index contributed by atoms with van der Waals surface area (Å²) in [5.74, 6) is -1.89. The third-order valence-electron chi connectivity index (χ3n) is 8.35. The Kier molecular flexibility index (Phi) is 6.86. The Morgan fingerprint density at radius 2 is 1.70 bits per heavy atom. The number of alkyl halides is 1. The third-order valence-corrected chi connectivity index (χ3v) is 8.35. The molecule has 1 unspecified atom stereocenters. The molecule has 1 saturated carbocycles. The summed E-state index contributed by atoms with van der Waals surface area (Å²) in [6.07, 6.45) is 0.300. The number of hydrogen-bond donors (Lipinski definition) is 1. The lowest BCUT2D eigenvalue weighted by molar-refractivity contribution is -0.139. The van der Waals surface area contributed by atoms with Gasteiger partial charge >= 0.3 is 0 Å². The van der Waals surface area contributed by atoms with E-state index in [2.05, 4.69) is 5.32 Å². The first-order chi connectivity index (χ1) is 19.3. The summed E-state index contributed by atoms with van der Waals surface area (Å²) in [5, 5.41) is 2.97. The standard InChI is InChI=1S/C32H31F2N3O3/c1-36-27-10-6-5-9-24(27)25(32(36)40)17-29(38)37-18-22(33)16-28(37)31(39)35-30(20-7-3-2-4-8-20)21-13-14-23(19-11-12-19)26(34)15-21/h2-10,13-15,19,22,25,28,30H,11-12,16-18H2,1H3,(H,35,39)/t22-,25?,28+,30+/m1/s1. The highest BCUT2D eigenvalue weighted by Crippen LogP contribution is 2.42. The van der Waals surface area contributed by atoms with Gasteiger partial charge in [-0.25, -0.2) is 8.78 Å². The van der Waals surface area contributed by atoms with Crippen LogP contribution in [-0.2, 0) is 14.4 Å². The number of para-hydroxylation sites is 1. The Bertz CT molecular complexity index is 1460. The van der Waals surface area contributed by atoms with Crippen LogP contribution in [0.2, 0.25) is 0 Å². The topological polar surface area (TPSA) is 69.7 Å². The number of rotatable bonds is 7. The van der Waals surface area contributed by atoms with E-state index in [1.54, 1.807) is 13.1 Å². The summed E-state index contributed by atoms with van der Waals surface area (Å²) in [7, 11) is 1.67. The number of hydrogen-bond acceptors (Lipinski definition) is 3. The lowest BCUT2D eigenvalue weighted by atomic mass is 9.95. The highest BCUT2D eigenvalue weighted by molar-refractivity contribution is 6.06. The van der Waals surface area contributed by atoms with E-state index in [9.17, 15) is 23.2 Å². The minimum Gasteiger partial charge on any atom is -0.343 e. The van der Waals surface area contributed by atoms with Crippen molar-refractivity contribution in [2.24, 2.45) is 0 Å². The molecule has 3 aromatic carbocycles. The smallest absolute Gasteiger partial charge is 0.243 e. The quantitative estimate of drug-likeness (QED) is 0.456. The molecule has 1 aliphatic carbocycles. The van der Waals surface area contributed by atoms with Crippen molar-refractivity contribution in [3.63, 3.8) is 0 Å². The van der Waals surface area contributed by atoms with Crippen LogP contribution in [-0.4, -0.2) is 48.4 Å². The summed E-state index contributed by atoms with van der Waals surface area (Å²) in [4.78, 5) is 42.8. The zero-order chi connectivity index (χ0) is 28.0. The zero-order valence-corrected chi connectivity index (χ0v) is 22.2. The van der Waals surface area contributed by atoms with Gasteiger partial charge in [-0.3, -0.25) is 14.4 Å². The van der Waals surface area contributed by atoms with E-state index in [-0.39, 0.29) is 37.0 Å². The van der Waals surface area contributed by atoms with Gasteiger partial charge in [0, 0.05) is 25.6 Å². The molecular weight excluding hydrogens is 512 g/mol. The van der Waals surface area contributed by atoms with Gasteiger partial charge in [-0.2, -0.15) is 0 Å². The molecule has 2 aliphatic heterocycles. The molecule has 2 fully saturated rings. The second-order valence-corrected chi connectivity index (χ2v) is 11.0. The van der Waals surface area contributed by atoms with E-state index in [4.69, 9.17) is 0 Å². The molecule has 206 valence electrons. The number of nitrogens with zero attached hydrogens (tertiary/aromatic N) is 2. The Hall–Kier alpha value is -4.07. The van der Waals surface area contributed by atoms with Gasteiger partial charge in [-0.05, 0) is 53.1 Å². The molecule has 8 heteroatoms. The molecule has 40 heavy (non-hydrogen) atoms. The van der Waals surface area contributed by atoms with Crippen molar-refractivity contribution in [3.8, 4) is 0 Å². The maximum Gasteiger partial charge on any atom is 0.243 e. The van der Waals surface area contributed by atoms with Crippen LogP contribution in [0.15, 0.2) is 72.8 Å². The normalized spacial score (nSPS) is 22.8. The number of anilines is 1. The molecule has 0 aromatic heterocycles. The molecule has 3 amide bonds. The van der Waals surface area contributed by atoms with Crippen molar-refractivity contribution in [1.29, 1.82) is 0 Å². The Morgan fingerprint density at radius 1 is 0.975 bits per heavy atom. The van der Waals surface area contributed by atoms with E-state index < -0.39 is 36.0 Å². The van der Waals surface area contributed by atoms with E-state index in [0.29, 0.717) is 11.1 Å². The van der Waals surface area contributed by atoms with Crippen LogP contribution < -0.4 is 10.2 Å². The second kappa shape index (κ2) is 10.5. The minimum atomic E-state index is -1.36. The molecule has 0 radical (unpaired) electrons. The molecule has 6 rings (SSSR count). The van der Waals surface area contributed by atoms with Crippen LogP contribution >= 0.6 is 0 Å². The van der Waals surface area contributed by atoms with E-state index in [0.717, 1.165) is 29.7 Å². The summed E-state index contributed by atoms with van der Waals surface area (Å²) in [6.45, 7) is -0.212. The molecular formula is C32H31F2N3O3. The maximum atomic E-state index is 15.0. The maximum absolute atomic E-state index is 15.0. The van der Waals surface area contributed by atoms with Gasteiger partial charge < -0.3 is 15.1 Å². The van der Waals surface area contributed by atoms with Crippen molar-refractivity contribution >= 4 is 23.4 Å².